The molecule has 0 saturated heterocycles. The van der Waals surface area contributed by atoms with E-state index in [2.05, 4.69) is 10.2 Å². The van der Waals surface area contributed by atoms with E-state index in [-0.39, 0.29) is 22.4 Å². The molecule has 4 rings (SSSR count). The van der Waals surface area contributed by atoms with Crippen molar-refractivity contribution in [2.24, 2.45) is 0 Å². The maximum Gasteiger partial charge on any atom is 0.220 e. The van der Waals surface area contributed by atoms with Crippen LogP contribution in [0.3, 0.4) is 0 Å². The summed E-state index contributed by atoms with van der Waals surface area (Å²) in [5.74, 6) is 0.421. The van der Waals surface area contributed by atoms with E-state index in [9.17, 15) is 14.5 Å². The van der Waals surface area contributed by atoms with Crippen molar-refractivity contribution in [3.63, 3.8) is 0 Å². The second-order valence-electron chi connectivity index (χ2n) is 8.45. The Bertz CT molecular complexity index is 1440. The fraction of sp³-hybridized carbons (Fsp3) is 0.231. The standard InChI is InChI=1S/C26H23Cl2FN4O3S/c1-15-8-9-20(10-16(15)2)33-17(3)30-31-26(33)37-24(13-32(34)35)19-11-21(27)25(22(28)12-19)36-14-18-6-4-5-7-23(18)29/h4-12,24H,13-14H2,1-3H3/t24-/m0/s1. The Kier molecular flexibility index (Phi) is 8.36. The van der Waals surface area contributed by atoms with Crippen molar-refractivity contribution in [3.8, 4) is 11.4 Å². The van der Waals surface area contributed by atoms with Crippen molar-refractivity contribution in [2.75, 3.05) is 6.54 Å². The Labute approximate surface area is 227 Å². The number of benzene rings is 3. The average Bonchev–Trinajstić information content (AvgIpc) is 3.20. The maximum absolute atomic E-state index is 14.0. The molecule has 192 valence electrons. The lowest BCUT2D eigenvalue weighted by Crippen LogP contribution is -2.11. The first-order valence-electron chi connectivity index (χ1n) is 11.3. The van der Waals surface area contributed by atoms with Crippen LogP contribution in [0.25, 0.3) is 5.69 Å². The van der Waals surface area contributed by atoms with Crippen LogP contribution in [0.5, 0.6) is 5.75 Å². The molecule has 0 amide bonds. The van der Waals surface area contributed by atoms with Crippen molar-refractivity contribution in [2.45, 2.75) is 37.8 Å². The molecule has 37 heavy (non-hydrogen) atoms. The van der Waals surface area contributed by atoms with Gasteiger partial charge in [-0.1, -0.05) is 59.2 Å². The number of aromatic nitrogens is 3. The Morgan fingerprint density at radius 1 is 1.05 bits per heavy atom. The van der Waals surface area contributed by atoms with Gasteiger partial charge in [0.1, 0.15) is 23.5 Å². The van der Waals surface area contributed by atoms with Gasteiger partial charge in [-0.15, -0.1) is 10.2 Å². The van der Waals surface area contributed by atoms with E-state index in [0.717, 1.165) is 16.8 Å². The SMILES string of the molecule is Cc1ccc(-n2c(C)nnc2S[C@@H](C[N+](=O)[O-])c2cc(Cl)c(OCc3ccccc3F)c(Cl)c2)cc1C. The summed E-state index contributed by atoms with van der Waals surface area (Å²) >= 11 is 14.1. The van der Waals surface area contributed by atoms with Crippen LogP contribution in [0, 0.1) is 36.7 Å². The van der Waals surface area contributed by atoms with Crippen LogP contribution in [-0.2, 0) is 6.61 Å². The molecule has 1 atom stereocenters. The Morgan fingerprint density at radius 2 is 1.76 bits per heavy atom. The molecule has 11 heteroatoms. The molecule has 1 aromatic heterocycles. The number of aryl methyl sites for hydroxylation is 3. The molecule has 0 spiro atoms. The van der Waals surface area contributed by atoms with Crippen LogP contribution < -0.4 is 4.74 Å². The minimum Gasteiger partial charge on any atom is -0.486 e. The van der Waals surface area contributed by atoms with Gasteiger partial charge in [-0.25, -0.2) is 4.39 Å². The lowest BCUT2D eigenvalue weighted by Gasteiger charge is -2.17. The monoisotopic (exact) mass is 560 g/mol. The molecule has 0 N–H and O–H groups in total. The highest BCUT2D eigenvalue weighted by atomic mass is 35.5. The third kappa shape index (κ3) is 6.23. The van der Waals surface area contributed by atoms with Crippen molar-refractivity contribution in [3.05, 3.63) is 109 Å². The van der Waals surface area contributed by atoms with Gasteiger partial charge in [-0.2, -0.15) is 0 Å². The predicted octanol–water partition coefficient (Wildman–Crippen LogP) is 7.33. The number of ether oxygens (including phenoxy) is 1. The molecule has 0 bridgehead atoms. The smallest absolute Gasteiger partial charge is 0.220 e. The lowest BCUT2D eigenvalue weighted by molar-refractivity contribution is -0.479. The summed E-state index contributed by atoms with van der Waals surface area (Å²) in [6.07, 6.45) is 0. The molecule has 0 saturated carbocycles. The first-order chi connectivity index (χ1) is 17.6. The summed E-state index contributed by atoms with van der Waals surface area (Å²) in [5.41, 5.74) is 3.99. The summed E-state index contributed by atoms with van der Waals surface area (Å²) in [4.78, 5) is 11.2. The number of nitrogens with zero attached hydrogens (tertiary/aromatic N) is 4. The van der Waals surface area contributed by atoms with Crippen molar-refractivity contribution >= 4 is 35.0 Å². The molecular weight excluding hydrogens is 538 g/mol. The van der Waals surface area contributed by atoms with Crippen LogP contribution in [0.1, 0.15) is 33.3 Å². The molecule has 3 aromatic carbocycles. The largest absolute Gasteiger partial charge is 0.486 e. The summed E-state index contributed by atoms with van der Waals surface area (Å²) < 4.78 is 21.5. The zero-order valence-electron chi connectivity index (χ0n) is 20.2. The van der Waals surface area contributed by atoms with Gasteiger partial charge in [0.15, 0.2) is 10.9 Å². The zero-order valence-corrected chi connectivity index (χ0v) is 22.6. The second kappa shape index (κ2) is 11.5. The Balaban J connectivity index is 1.64. The van der Waals surface area contributed by atoms with Gasteiger partial charge in [0.05, 0.1) is 10.0 Å². The number of nitro groups is 1. The van der Waals surface area contributed by atoms with Gasteiger partial charge in [-0.05, 0) is 67.8 Å². The van der Waals surface area contributed by atoms with Gasteiger partial charge in [-0.3, -0.25) is 14.7 Å². The van der Waals surface area contributed by atoms with Crippen LogP contribution in [-0.4, -0.2) is 26.2 Å². The minimum absolute atomic E-state index is 0.0725. The number of halogens is 3. The number of rotatable bonds is 9. The summed E-state index contributed by atoms with van der Waals surface area (Å²) in [5, 5.41) is 20.2. The van der Waals surface area contributed by atoms with Gasteiger partial charge in [0.2, 0.25) is 6.54 Å². The van der Waals surface area contributed by atoms with Crippen molar-refractivity contribution < 1.29 is 14.1 Å². The minimum atomic E-state index is -0.667. The Morgan fingerprint density at radius 3 is 2.41 bits per heavy atom. The molecular formula is C26H23Cl2FN4O3S. The topological polar surface area (TPSA) is 83.1 Å². The number of hydrogen-bond donors (Lipinski definition) is 0. The van der Waals surface area contributed by atoms with Crippen LogP contribution >= 0.6 is 35.0 Å². The predicted molar refractivity (Wildman–Crippen MR) is 143 cm³/mol. The summed E-state index contributed by atoms with van der Waals surface area (Å²) in [6, 6.07) is 15.4. The number of hydrogen-bond acceptors (Lipinski definition) is 6. The normalized spacial score (nSPS) is 11.9. The highest BCUT2D eigenvalue weighted by molar-refractivity contribution is 7.99. The van der Waals surface area contributed by atoms with Gasteiger partial charge in [0.25, 0.3) is 0 Å². The van der Waals surface area contributed by atoms with Gasteiger partial charge in [0, 0.05) is 16.2 Å². The third-order valence-corrected chi connectivity index (χ3v) is 7.57. The third-order valence-electron chi connectivity index (χ3n) is 5.83. The molecule has 7 nitrogen and oxygen atoms in total. The van der Waals surface area contributed by atoms with E-state index in [1.165, 1.54) is 17.8 Å². The molecule has 0 aliphatic carbocycles. The maximum atomic E-state index is 14.0. The van der Waals surface area contributed by atoms with Crippen LogP contribution in [0.2, 0.25) is 10.0 Å². The van der Waals surface area contributed by atoms with E-state index in [1.807, 2.05) is 43.5 Å². The van der Waals surface area contributed by atoms with E-state index >= 15 is 0 Å². The van der Waals surface area contributed by atoms with Crippen LogP contribution in [0.15, 0.2) is 59.8 Å². The molecule has 0 fully saturated rings. The molecule has 0 aliphatic heterocycles. The highest BCUT2D eigenvalue weighted by Gasteiger charge is 2.26. The van der Waals surface area contributed by atoms with E-state index in [4.69, 9.17) is 27.9 Å². The molecule has 1 heterocycles. The summed E-state index contributed by atoms with van der Waals surface area (Å²) in [6.45, 7) is 5.39. The first kappa shape index (κ1) is 26.9. The van der Waals surface area contributed by atoms with E-state index < -0.39 is 22.5 Å². The van der Waals surface area contributed by atoms with Gasteiger partial charge >= 0.3 is 0 Å². The zero-order chi connectivity index (χ0) is 26.7. The summed E-state index contributed by atoms with van der Waals surface area (Å²) in [7, 11) is 0. The molecule has 0 aliphatic rings. The van der Waals surface area contributed by atoms with Crippen LogP contribution in [0.4, 0.5) is 4.39 Å². The highest BCUT2D eigenvalue weighted by Crippen LogP contribution is 2.42. The van der Waals surface area contributed by atoms with Gasteiger partial charge < -0.3 is 4.74 Å². The van der Waals surface area contributed by atoms with Crippen molar-refractivity contribution in [1.82, 2.24) is 14.8 Å². The van der Waals surface area contributed by atoms with Crippen molar-refractivity contribution in [1.29, 1.82) is 0 Å². The molecule has 0 radical (unpaired) electrons. The lowest BCUT2D eigenvalue weighted by atomic mass is 10.1. The van der Waals surface area contributed by atoms with E-state index in [1.54, 1.807) is 30.3 Å². The Hall–Kier alpha value is -3.14. The van der Waals surface area contributed by atoms with E-state index in [0.29, 0.717) is 22.1 Å². The average molecular weight is 561 g/mol. The molecule has 4 aromatic rings. The first-order valence-corrected chi connectivity index (χ1v) is 12.9. The quantitative estimate of drug-likeness (QED) is 0.121. The second-order valence-corrected chi connectivity index (χ2v) is 10.4. The fourth-order valence-electron chi connectivity index (χ4n) is 3.72. The number of thioether (sulfide) groups is 1. The fourth-order valence-corrected chi connectivity index (χ4v) is 5.49. The molecule has 0 unspecified atom stereocenters.